The van der Waals surface area contributed by atoms with Crippen LogP contribution in [0.5, 0.6) is 0 Å². The number of rotatable bonds is 7. The molecule has 3 rings (SSSR count). The van der Waals surface area contributed by atoms with E-state index in [1.54, 1.807) is 0 Å². The first-order valence-corrected chi connectivity index (χ1v) is 14.3. The summed E-state index contributed by atoms with van der Waals surface area (Å²) in [5.41, 5.74) is 1.13. The van der Waals surface area contributed by atoms with Gasteiger partial charge in [0.05, 0.1) is 26.9 Å². The number of sulfonamides is 1. The minimum atomic E-state index is -4.31. The number of carboxylic acids is 1. The molecule has 14 heteroatoms. The normalized spacial score (nSPS) is 17.3. The molecule has 11 nitrogen and oxygen atoms in total. The van der Waals surface area contributed by atoms with E-state index in [-0.39, 0.29) is 6.54 Å². The second-order valence-corrected chi connectivity index (χ2v) is 13.1. The van der Waals surface area contributed by atoms with E-state index in [1.165, 1.54) is 10.9 Å². The lowest BCUT2D eigenvalue weighted by molar-refractivity contribution is -0.137. The highest BCUT2D eigenvalue weighted by Crippen LogP contribution is 2.31. The number of fused-ring (bicyclic) bond motifs is 1. The van der Waals surface area contributed by atoms with Crippen LogP contribution >= 0.6 is 0 Å². The van der Waals surface area contributed by atoms with Crippen molar-refractivity contribution in [1.82, 2.24) is 14.5 Å². The first-order valence-electron chi connectivity index (χ1n) is 9.02. The maximum atomic E-state index is 13.0. The predicted molar refractivity (Wildman–Crippen MR) is 109 cm³/mol. The molecule has 2 aromatic rings. The van der Waals surface area contributed by atoms with Gasteiger partial charge >= 0.3 is 5.97 Å². The van der Waals surface area contributed by atoms with Gasteiger partial charge in [0.15, 0.2) is 19.7 Å². The van der Waals surface area contributed by atoms with E-state index in [0.29, 0.717) is 30.5 Å². The van der Waals surface area contributed by atoms with Gasteiger partial charge in [-0.25, -0.2) is 30.0 Å². The van der Waals surface area contributed by atoms with Crippen LogP contribution in [0.25, 0.3) is 0 Å². The minimum Gasteiger partial charge on any atom is -0.480 e. The van der Waals surface area contributed by atoms with Crippen molar-refractivity contribution in [3.63, 3.8) is 0 Å². The number of aromatic nitrogens is 2. The van der Waals surface area contributed by atoms with Gasteiger partial charge in [0.25, 0.3) is 0 Å². The molecule has 0 unspecified atom stereocenters. The van der Waals surface area contributed by atoms with Crippen LogP contribution in [0.4, 0.5) is 0 Å². The molecule has 1 aliphatic rings. The number of hydrogen-bond donors (Lipinski definition) is 2. The number of carboxylic acid groups (broad SMARTS) is 1. The number of hydrogen-bond acceptors (Lipinski definition) is 8. The van der Waals surface area contributed by atoms with Gasteiger partial charge in [0.1, 0.15) is 6.54 Å². The lowest BCUT2D eigenvalue weighted by Gasteiger charge is -2.24. The van der Waals surface area contributed by atoms with Crippen molar-refractivity contribution in [1.29, 1.82) is 0 Å². The highest BCUT2D eigenvalue weighted by Gasteiger charge is 2.30. The van der Waals surface area contributed by atoms with E-state index in [4.69, 9.17) is 5.11 Å². The molecule has 0 fully saturated rings. The Morgan fingerprint density at radius 3 is 2.13 bits per heavy atom. The van der Waals surface area contributed by atoms with Crippen molar-refractivity contribution in [2.24, 2.45) is 0 Å². The molecule has 0 bridgehead atoms. The number of carbonyl (C=O) groups is 1. The summed E-state index contributed by atoms with van der Waals surface area (Å²) in [7, 11) is -12.1. The van der Waals surface area contributed by atoms with Crippen molar-refractivity contribution < 1.29 is 35.2 Å². The average Bonchev–Trinajstić information content (AvgIpc) is 3.03. The Kier molecular flexibility index (Phi) is 6.03. The number of nitrogens with zero attached hydrogens (tertiary/aromatic N) is 2. The third-order valence-corrected chi connectivity index (χ3v) is 8.50. The molecule has 31 heavy (non-hydrogen) atoms. The zero-order valence-corrected chi connectivity index (χ0v) is 19.1. The second kappa shape index (κ2) is 8.00. The summed E-state index contributed by atoms with van der Waals surface area (Å²) in [4.78, 5) is 9.63. The quantitative estimate of drug-likeness (QED) is 0.546. The van der Waals surface area contributed by atoms with Gasteiger partial charge < -0.3 is 5.11 Å². The fraction of sp³-hybridized carbons (Fsp3) is 0.412. The molecule has 1 heterocycles. The molecule has 2 N–H and O–H groups in total. The molecule has 0 spiro atoms. The highest BCUT2D eigenvalue weighted by atomic mass is 32.2. The second-order valence-electron chi connectivity index (χ2n) is 7.35. The van der Waals surface area contributed by atoms with Crippen molar-refractivity contribution in [3.05, 3.63) is 35.7 Å². The highest BCUT2D eigenvalue weighted by molar-refractivity contribution is 7.92. The smallest absolute Gasteiger partial charge is 0.325 e. The van der Waals surface area contributed by atoms with E-state index in [2.05, 4.69) is 9.82 Å². The van der Waals surface area contributed by atoms with Gasteiger partial charge in [-0.2, -0.15) is 5.10 Å². The standard InChI is InChI=1S/C17H21N3O8S3/c1-29(23,24)11-6-12(30(2,25)26)8-13(7-11)31(27,28)19-15-4-3-5-16-14(15)9-18-20(16)10-17(21)22/h6-9,15,19H,3-5,10H2,1-2H3,(H,21,22)/t15-/m1/s1. The summed E-state index contributed by atoms with van der Waals surface area (Å²) in [6.07, 6.45) is 4.62. The molecule has 0 amide bonds. The van der Waals surface area contributed by atoms with Gasteiger partial charge in [-0.15, -0.1) is 0 Å². The molecule has 0 saturated carbocycles. The van der Waals surface area contributed by atoms with Gasteiger partial charge in [-0.3, -0.25) is 9.48 Å². The molecule has 1 aromatic heterocycles. The third-order valence-electron chi connectivity index (χ3n) is 4.87. The fourth-order valence-electron chi connectivity index (χ4n) is 3.39. The van der Waals surface area contributed by atoms with Crippen LogP contribution in [-0.4, -0.2) is 58.6 Å². The third kappa shape index (κ3) is 5.14. The first kappa shape index (κ1) is 23.4. The van der Waals surface area contributed by atoms with E-state index >= 15 is 0 Å². The van der Waals surface area contributed by atoms with Gasteiger partial charge in [-0.1, -0.05) is 0 Å². The number of nitrogens with one attached hydrogen (secondary N) is 1. The maximum Gasteiger partial charge on any atom is 0.325 e. The molecule has 1 atom stereocenters. The topological polar surface area (TPSA) is 170 Å². The zero-order valence-electron chi connectivity index (χ0n) is 16.6. The number of aliphatic carboxylic acids is 1. The predicted octanol–water partition coefficient (Wildman–Crippen LogP) is 0.131. The monoisotopic (exact) mass is 491 g/mol. The van der Waals surface area contributed by atoms with Crippen molar-refractivity contribution >= 4 is 35.7 Å². The molecule has 1 aliphatic carbocycles. The fourth-order valence-corrected chi connectivity index (χ4v) is 6.30. The van der Waals surface area contributed by atoms with Crippen molar-refractivity contribution in [3.8, 4) is 0 Å². The summed E-state index contributed by atoms with van der Waals surface area (Å²) < 4.78 is 77.7. The summed E-state index contributed by atoms with van der Waals surface area (Å²) in [6, 6.07) is 2.01. The Morgan fingerprint density at radius 2 is 1.61 bits per heavy atom. The molecular formula is C17H21N3O8S3. The Morgan fingerprint density at radius 1 is 1.06 bits per heavy atom. The summed E-state index contributed by atoms with van der Waals surface area (Å²) in [5, 5.41) is 13.0. The van der Waals surface area contributed by atoms with Crippen molar-refractivity contribution in [2.75, 3.05) is 12.5 Å². The Hall–Kier alpha value is -2.29. The summed E-state index contributed by atoms with van der Waals surface area (Å²) >= 11 is 0. The van der Waals surface area contributed by atoms with Crippen LogP contribution in [0.3, 0.4) is 0 Å². The van der Waals surface area contributed by atoms with Crippen LogP contribution in [0, 0.1) is 0 Å². The largest absolute Gasteiger partial charge is 0.480 e. The molecule has 0 aliphatic heterocycles. The Balaban J connectivity index is 2.03. The van der Waals surface area contributed by atoms with Crippen LogP contribution in [0.1, 0.15) is 30.1 Å². The van der Waals surface area contributed by atoms with Crippen LogP contribution in [0.2, 0.25) is 0 Å². The molecular weight excluding hydrogens is 470 g/mol. The number of benzene rings is 1. The molecule has 0 saturated heterocycles. The summed E-state index contributed by atoms with van der Waals surface area (Å²) in [6.45, 7) is -0.358. The zero-order chi connectivity index (χ0) is 23.2. The maximum absolute atomic E-state index is 13.0. The Bertz CT molecular complexity index is 1310. The minimum absolute atomic E-state index is 0.358. The average molecular weight is 492 g/mol. The first-order chi connectivity index (χ1) is 14.2. The van der Waals surface area contributed by atoms with Gasteiger partial charge in [0.2, 0.25) is 10.0 Å². The SMILES string of the molecule is CS(=O)(=O)c1cc(S(C)(=O)=O)cc(S(=O)(=O)N[C@@H]2CCCc3c2cnn3CC(=O)O)c1. The van der Waals surface area contributed by atoms with E-state index < -0.39 is 56.4 Å². The van der Waals surface area contributed by atoms with Crippen LogP contribution in [-0.2, 0) is 47.5 Å². The van der Waals surface area contributed by atoms with Crippen LogP contribution < -0.4 is 4.72 Å². The lowest BCUT2D eigenvalue weighted by Crippen LogP contribution is -2.31. The Labute approximate surface area is 180 Å². The van der Waals surface area contributed by atoms with E-state index in [0.717, 1.165) is 30.7 Å². The van der Waals surface area contributed by atoms with Gasteiger partial charge in [0, 0.05) is 23.8 Å². The molecule has 170 valence electrons. The van der Waals surface area contributed by atoms with Gasteiger partial charge in [-0.05, 0) is 37.5 Å². The number of sulfone groups is 2. The van der Waals surface area contributed by atoms with Crippen molar-refractivity contribution in [2.45, 2.75) is 46.5 Å². The molecule has 0 radical (unpaired) electrons. The summed E-state index contributed by atoms with van der Waals surface area (Å²) in [5.74, 6) is -1.08. The van der Waals surface area contributed by atoms with E-state index in [1.807, 2.05) is 0 Å². The van der Waals surface area contributed by atoms with Crippen LogP contribution in [0.15, 0.2) is 39.1 Å². The lowest BCUT2D eigenvalue weighted by atomic mass is 9.94. The molecule has 1 aromatic carbocycles. The van der Waals surface area contributed by atoms with E-state index in [9.17, 15) is 30.0 Å².